The third-order valence-electron chi connectivity index (χ3n) is 6.11. The normalized spacial score (nSPS) is 18.0. The van der Waals surface area contributed by atoms with E-state index in [4.69, 9.17) is 9.90 Å². The first kappa shape index (κ1) is 30.0. The molecule has 3 rings (SSSR count). The largest absolute Gasteiger partial charge is 0.490 e. The van der Waals surface area contributed by atoms with E-state index in [1.165, 1.54) is 6.92 Å². The first-order valence-electron chi connectivity index (χ1n) is 12.1. The van der Waals surface area contributed by atoms with Crippen molar-refractivity contribution in [2.24, 2.45) is 0 Å². The average molecular weight is 530 g/mol. The van der Waals surface area contributed by atoms with Crippen LogP contribution in [0.2, 0.25) is 0 Å². The Hall–Kier alpha value is -3.19. The quantitative estimate of drug-likeness (QED) is 0.491. The van der Waals surface area contributed by atoms with Crippen LogP contribution >= 0.6 is 0 Å². The number of halogens is 3. The lowest BCUT2D eigenvalue weighted by Gasteiger charge is -2.33. The summed E-state index contributed by atoms with van der Waals surface area (Å²) in [5, 5.41) is 13.1. The molecular formula is C24H34F3N5O5. The lowest BCUT2D eigenvalue weighted by atomic mass is 10.1. The van der Waals surface area contributed by atoms with E-state index in [2.05, 4.69) is 22.5 Å². The van der Waals surface area contributed by atoms with Gasteiger partial charge in [0.15, 0.2) is 0 Å². The zero-order valence-corrected chi connectivity index (χ0v) is 21.0. The topological polar surface area (TPSA) is 122 Å². The zero-order chi connectivity index (χ0) is 27.6. The molecule has 2 fully saturated rings. The summed E-state index contributed by atoms with van der Waals surface area (Å²) in [6.07, 6.45) is -2.92. The van der Waals surface area contributed by atoms with Gasteiger partial charge in [-0.2, -0.15) is 13.2 Å². The molecule has 2 aliphatic heterocycles. The molecule has 13 heteroatoms. The Bertz CT molecular complexity index is 936. The van der Waals surface area contributed by atoms with Gasteiger partial charge in [-0.25, -0.2) is 4.79 Å². The summed E-state index contributed by atoms with van der Waals surface area (Å²) in [6, 6.07) is 7.15. The molecule has 1 aromatic rings. The van der Waals surface area contributed by atoms with Crippen LogP contribution in [-0.2, 0) is 14.4 Å². The minimum absolute atomic E-state index is 0.000705. The Labute approximate surface area is 213 Å². The predicted molar refractivity (Wildman–Crippen MR) is 130 cm³/mol. The second-order valence-electron chi connectivity index (χ2n) is 8.80. The van der Waals surface area contributed by atoms with E-state index < -0.39 is 12.1 Å². The summed E-state index contributed by atoms with van der Waals surface area (Å²) < 4.78 is 31.7. The standard InChI is InChI=1S/C22H33N5O3.C2HF3O2/c1-3-25-12-4-5-20(25)15-27(16-21(29)26-13-10-23-11-14-26)22(30)18-6-8-19(9-7-18)24-17(2)28;3-2(4,5)1(6)7/h6-9,20,23H,3-5,10-16H2,1-2H3,(H,24,28);(H,6,7). The van der Waals surface area contributed by atoms with E-state index in [1.807, 2.05) is 4.90 Å². The third-order valence-corrected chi connectivity index (χ3v) is 6.11. The Balaban J connectivity index is 0.000000604. The number of hydrogen-bond acceptors (Lipinski definition) is 6. The van der Waals surface area contributed by atoms with Crippen LogP contribution in [0.4, 0.5) is 18.9 Å². The maximum atomic E-state index is 13.3. The molecule has 3 N–H and O–H groups in total. The minimum atomic E-state index is -5.08. The second-order valence-corrected chi connectivity index (χ2v) is 8.80. The van der Waals surface area contributed by atoms with Crippen LogP contribution in [0.3, 0.4) is 0 Å². The van der Waals surface area contributed by atoms with Gasteiger partial charge >= 0.3 is 12.1 Å². The summed E-state index contributed by atoms with van der Waals surface area (Å²) in [5.41, 5.74) is 1.17. The number of rotatable bonds is 7. The monoisotopic (exact) mass is 529 g/mol. The highest BCUT2D eigenvalue weighted by molar-refractivity contribution is 5.97. The van der Waals surface area contributed by atoms with Gasteiger partial charge in [-0.3, -0.25) is 19.3 Å². The fourth-order valence-electron chi connectivity index (χ4n) is 4.25. The Morgan fingerprint density at radius 2 is 1.70 bits per heavy atom. The molecule has 10 nitrogen and oxygen atoms in total. The van der Waals surface area contributed by atoms with Crippen LogP contribution in [0.25, 0.3) is 0 Å². The molecule has 0 bridgehead atoms. The molecule has 0 saturated carbocycles. The van der Waals surface area contributed by atoms with Gasteiger partial charge in [-0.1, -0.05) is 6.92 Å². The number of piperazine rings is 1. The van der Waals surface area contributed by atoms with Gasteiger partial charge in [0, 0.05) is 56.9 Å². The number of likely N-dealkylation sites (N-methyl/N-ethyl adjacent to an activating group) is 1. The number of anilines is 1. The molecule has 2 heterocycles. The maximum Gasteiger partial charge on any atom is 0.490 e. The van der Waals surface area contributed by atoms with Crippen LogP contribution in [0, 0.1) is 0 Å². The molecule has 0 radical (unpaired) electrons. The third kappa shape index (κ3) is 9.65. The molecule has 0 aliphatic carbocycles. The Morgan fingerprint density at radius 1 is 1.11 bits per heavy atom. The average Bonchev–Trinajstić information content (AvgIpc) is 3.30. The van der Waals surface area contributed by atoms with Crippen molar-refractivity contribution in [2.45, 2.75) is 38.9 Å². The van der Waals surface area contributed by atoms with Crippen LogP contribution < -0.4 is 10.6 Å². The molecule has 1 aromatic carbocycles. The zero-order valence-electron chi connectivity index (χ0n) is 21.0. The number of amides is 3. The number of carbonyl (C=O) groups is 4. The smallest absolute Gasteiger partial charge is 0.475 e. The SMILES string of the molecule is CCN1CCCC1CN(CC(=O)N1CCNCC1)C(=O)c1ccc(NC(C)=O)cc1.O=C(O)C(F)(F)F. The van der Waals surface area contributed by atoms with Crippen LogP contribution in [-0.4, -0.2) is 108 Å². The molecule has 1 unspecified atom stereocenters. The highest BCUT2D eigenvalue weighted by Crippen LogP contribution is 2.20. The number of carboxylic acids is 1. The van der Waals surface area contributed by atoms with Crippen LogP contribution in [0.5, 0.6) is 0 Å². The molecule has 1 atom stereocenters. The van der Waals surface area contributed by atoms with Crippen molar-refractivity contribution < 1.29 is 37.5 Å². The number of nitrogens with one attached hydrogen (secondary N) is 2. The van der Waals surface area contributed by atoms with Gasteiger partial charge in [0.2, 0.25) is 11.8 Å². The summed E-state index contributed by atoms with van der Waals surface area (Å²) in [5.74, 6) is -3.05. The minimum Gasteiger partial charge on any atom is -0.475 e. The highest BCUT2D eigenvalue weighted by atomic mass is 19.4. The summed E-state index contributed by atoms with van der Waals surface area (Å²) >= 11 is 0. The molecule has 37 heavy (non-hydrogen) atoms. The lowest BCUT2D eigenvalue weighted by Crippen LogP contribution is -2.52. The first-order valence-corrected chi connectivity index (χ1v) is 12.1. The number of aliphatic carboxylic acids is 1. The fraction of sp³-hybridized carbons (Fsp3) is 0.583. The Kier molecular flexibility index (Phi) is 11.3. The van der Waals surface area contributed by atoms with Crippen molar-refractivity contribution in [3.05, 3.63) is 29.8 Å². The molecule has 0 spiro atoms. The van der Waals surface area contributed by atoms with E-state index in [-0.39, 0.29) is 30.3 Å². The maximum absolute atomic E-state index is 13.3. The number of carboxylic acid groups (broad SMARTS) is 1. The van der Waals surface area contributed by atoms with E-state index in [1.54, 1.807) is 29.2 Å². The fourth-order valence-corrected chi connectivity index (χ4v) is 4.25. The lowest BCUT2D eigenvalue weighted by molar-refractivity contribution is -0.192. The van der Waals surface area contributed by atoms with Crippen LogP contribution in [0.15, 0.2) is 24.3 Å². The molecule has 2 saturated heterocycles. The van der Waals surface area contributed by atoms with E-state index in [9.17, 15) is 27.6 Å². The summed E-state index contributed by atoms with van der Waals surface area (Å²) in [4.78, 5) is 52.3. The van der Waals surface area contributed by atoms with Crippen molar-refractivity contribution in [3.63, 3.8) is 0 Å². The van der Waals surface area contributed by atoms with Gasteiger partial charge in [0.1, 0.15) is 6.54 Å². The number of carbonyl (C=O) groups excluding carboxylic acids is 3. The number of nitrogens with zero attached hydrogens (tertiary/aromatic N) is 3. The summed E-state index contributed by atoms with van der Waals surface area (Å²) in [6.45, 7) is 9.16. The number of alkyl halides is 3. The number of likely N-dealkylation sites (tertiary alicyclic amines) is 1. The van der Waals surface area contributed by atoms with E-state index in [0.717, 1.165) is 39.0 Å². The number of hydrogen-bond donors (Lipinski definition) is 3. The molecule has 2 aliphatic rings. The van der Waals surface area contributed by atoms with Crippen molar-refractivity contribution in [3.8, 4) is 0 Å². The van der Waals surface area contributed by atoms with Crippen molar-refractivity contribution in [1.29, 1.82) is 0 Å². The van der Waals surface area contributed by atoms with Crippen molar-refractivity contribution in [1.82, 2.24) is 20.0 Å². The molecule has 0 aromatic heterocycles. The van der Waals surface area contributed by atoms with E-state index in [0.29, 0.717) is 30.9 Å². The van der Waals surface area contributed by atoms with Crippen molar-refractivity contribution in [2.75, 3.05) is 57.7 Å². The van der Waals surface area contributed by atoms with Gasteiger partial charge in [0.05, 0.1) is 0 Å². The van der Waals surface area contributed by atoms with Crippen molar-refractivity contribution >= 4 is 29.4 Å². The second kappa shape index (κ2) is 13.9. The van der Waals surface area contributed by atoms with Gasteiger partial charge < -0.3 is 25.5 Å². The molecule has 206 valence electrons. The molecule has 3 amide bonds. The number of benzene rings is 1. The first-order chi connectivity index (χ1) is 17.4. The van der Waals surface area contributed by atoms with Gasteiger partial charge in [-0.15, -0.1) is 0 Å². The Morgan fingerprint density at radius 3 is 2.22 bits per heavy atom. The van der Waals surface area contributed by atoms with Crippen LogP contribution in [0.1, 0.15) is 37.0 Å². The predicted octanol–water partition coefficient (Wildman–Crippen LogP) is 1.64. The highest BCUT2D eigenvalue weighted by Gasteiger charge is 2.38. The van der Waals surface area contributed by atoms with Gasteiger partial charge in [-0.05, 0) is 50.2 Å². The van der Waals surface area contributed by atoms with E-state index >= 15 is 0 Å². The summed E-state index contributed by atoms with van der Waals surface area (Å²) in [7, 11) is 0. The van der Waals surface area contributed by atoms with Gasteiger partial charge in [0.25, 0.3) is 5.91 Å². The molecular weight excluding hydrogens is 495 g/mol.